The minimum atomic E-state index is -2.25. The quantitative estimate of drug-likeness (QED) is 0.779. The third-order valence-electron chi connectivity index (χ3n) is 6.36. The number of nitrogens with two attached hydrogens (primary N) is 1. The van der Waals surface area contributed by atoms with Crippen molar-refractivity contribution in [3.63, 3.8) is 0 Å². The maximum atomic E-state index is 12.9. The lowest BCUT2D eigenvalue weighted by molar-refractivity contribution is -0.135. The molecule has 0 radical (unpaired) electrons. The van der Waals surface area contributed by atoms with Gasteiger partial charge in [-0.2, -0.15) is 0 Å². The summed E-state index contributed by atoms with van der Waals surface area (Å²) in [6, 6.07) is 0. The highest BCUT2D eigenvalue weighted by atomic mass is 19.3. The molecule has 0 aromatic carbocycles. The van der Waals surface area contributed by atoms with Crippen molar-refractivity contribution < 1.29 is 18.3 Å². The number of carbonyl (C=O) groups is 1. The van der Waals surface area contributed by atoms with Crippen LogP contribution in [0.3, 0.4) is 0 Å². The highest BCUT2D eigenvalue weighted by molar-refractivity contribution is 6.06. The molecule has 0 aromatic heterocycles. The number of alkyl halides is 2. The smallest absolute Gasteiger partial charge is 0.259 e. The molecule has 148 valence electrons. The van der Waals surface area contributed by atoms with Crippen molar-refractivity contribution in [3.8, 4) is 0 Å². The molecule has 3 aliphatic rings. The normalized spacial score (nSPS) is 33.8. The molecule has 7 heteroatoms. The number of aliphatic imine (C=N–C) groups is 1. The van der Waals surface area contributed by atoms with Gasteiger partial charge in [0.2, 0.25) is 6.43 Å². The van der Waals surface area contributed by atoms with Crippen molar-refractivity contribution >= 4 is 11.9 Å². The van der Waals surface area contributed by atoms with Crippen LogP contribution in [-0.2, 0) is 9.53 Å². The Morgan fingerprint density at radius 2 is 1.85 bits per heavy atom. The molecule has 2 saturated carbocycles. The molecule has 0 aromatic rings. The van der Waals surface area contributed by atoms with Crippen LogP contribution >= 0.6 is 0 Å². The van der Waals surface area contributed by atoms with Crippen molar-refractivity contribution in [2.45, 2.75) is 82.3 Å². The Morgan fingerprint density at radius 3 is 2.38 bits per heavy atom. The molecule has 1 heterocycles. The van der Waals surface area contributed by atoms with E-state index >= 15 is 0 Å². The number of amides is 1. The van der Waals surface area contributed by atoms with E-state index in [9.17, 15) is 13.6 Å². The molecule has 2 aliphatic carbocycles. The average molecular weight is 371 g/mol. The molecule has 5 nitrogen and oxygen atoms in total. The van der Waals surface area contributed by atoms with Crippen LogP contribution in [0.25, 0.3) is 0 Å². The van der Waals surface area contributed by atoms with Gasteiger partial charge in [0, 0.05) is 13.0 Å². The van der Waals surface area contributed by atoms with E-state index in [0.717, 1.165) is 12.8 Å². The van der Waals surface area contributed by atoms with Crippen molar-refractivity contribution in [3.05, 3.63) is 0 Å². The Balaban J connectivity index is 1.62. The molecule has 3 rings (SSSR count). The van der Waals surface area contributed by atoms with Crippen molar-refractivity contribution in [1.82, 2.24) is 4.90 Å². The van der Waals surface area contributed by atoms with Crippen molar-refractivity contribution in [2.75, 3.05) is 13.7 Å². The fourth-order valence-electron chi connectivity index (χ4n) is 4.68. The topological polar surface area (TPSA) is 67.9 Å². The first-order chi connectivity index (χ1) is 12.4. The Hall–Kier alpha value is -1.24. The fourth-order valence-corrected chi connectivity index (χ4v) is 4.68. The van der Waals surface area contributed by atoms with Gasteiger partial charge in [0.25, 0.3) is 5.91 Å². The summed E-state index contributed by atoms with van der Waals surface area (Å²) in [7, 11) is 1.65. The number of halogens is 2. The Kier molecular flexibility index (Phi) is 6.15. The zero-order chi connectivity index (χ0) is 18.7. The van der Waals surface area contributed by atoms with Crippen LogP contribution in [0, 0.1) is 11.8 Å². The van der Waals surface area contributed by atoms with E-state index in [-0.39, 0.29) is 24.6 Å². The summed E-state index contributed by atoms with van der Waals surface area (Å²) in [6.45, 7) is 0.206. The third kappa shape index (κ3) is 4.18. The number of rotatable bonds is 6. The lowest BCUT2D eigenvalue weighted by Crippen LogP contribution is -2.47. The van der Waals surface area contributed by atoms with Gasteiger partial charge in [-0.15, -0.1) is 0 Å². The number of guanidine groups is 1. The van der Waals surface area contributed by atoms with Crippen LogP contribution in [0.2, 0.25) is 0 Å². The summed E-state index contributed by atoms with van der Waals surface area (Å²) in [4.78, 5) is 18.8. The van der Waals surface area contributed by atoms with E-state index in [0.29, 0.717) is 38.0 Å². The number of nitrogens with zero attached hydrogens (tertiary/aromatic N) is 2. The average Bonchev–Trinajstić information content (AvgIpc) is 2.85. The second-order valence-corrected chi connectivity index (χ2v) is 8.26. The Bertz CT molecular complexity index is 529. The first-order valence-electron chi connectivity index (χ1n) is 9.94. The third-order valence-corrected chi connectivity index (χ3v) is 6.36. The molecule has 26 heavy (non-hydrogen) atoms. The summed E-state index contributed by atoms with van der Waals surface area (Å²) >= 11 is 0. The maximum Gasteiger partial charge on any atom is 0.259 e. The summed E-state index contributed by atoms with van der Waals surface area (Å²) in [5.74, 6) is 0.102. The minimum Gasteiger partial charge on any atom is -0.375 e. The summed E-state index contributed by atoms with van der Waals surface area (Å²) in [6.07, 6.45) is 6.46. The van der Waals surface area contributed by atoms with Crippen LogP contribution in [-0.4, -0.2) is 48.5 Å². The van der Waals surface area contributed by atoms with E-state index in [1.165, 1.54) is 24.2 Å². The van der Waals surface area contributed by atoms with Crippen LogP contribution in [0.15, 0.2) is 4.99 Å². The molecule has 2 N–H and O–H groups in total. The van der Waals surface area contributed by atoms with Gasteiger partial charge in [-0.05, 0) is 38.0 Å². The van der Waals surface area contributed by atoms with Gasteiger partial charge in [-0.1, -0.05) is 32.1 Å². The predicted molar refractivity (Wildman–Crippen MR) is 96.0 cm³/mol. The molecule has 0 bridgehead atoms. The van der Waals surface area contributed by atoms with E-state index in [1.807, 2.05) is 0 Å². The lowest BCUT2D eigenvalue weighted by atomic mass is 9.79. The van der Waals surface area contributed by atoms with Crippen molar-refractivity contribution in [1.29, 1.82) is 0 Å². The van der Waals surface area contributed by atoms with Crippen LogP contribution < -0.4 is 5.73 Å². The molecule has 1 amide bonds. The monoisotopic (exact) mass is 371 g/mol. The van der Waals surface area contributed by atoms with Gasteiger partial charge in [-0.25, -0.2) is 13.8 Å². The maximum absolute atomic E-state index is 12.9. The van der Waals surface area contributed by atoms with E-state index in [1.54, 1.807) is 7.05 Å². The molecule has 2 fully saturated rings. The van der Waals surface area contributed by atoms with Crippen LogP contribution in [0.1, 0.15) is 64.2 Å². The summed E-state index contributed by atoms with van der Waals surface area (Å²) in [5, 5.41) is 0. The zero-order valence-corrected chi connectivity index (χ0v) is 15.6. The first-order valence-corrected chi connectivity index (χ1v) is 9.94. The minimum absolute atomic E-state index is 0.0663. The fraction of sp³-hybridized carbons (Fsp3) is 0.895. The summed E-state index contributed by atoms with van der Waals surface area (Å²) < 4.78 is 31.7. The predicted octanol–water partition coefficient (Wildman–Crippen LogP) is 3.32. The number of hydrogen-bond acceptors (Lipinski definition) is 4. The van der Waals surface area contributed by atoms with Gasteiger partial charge < -0.3 is 10.5 Å². The number of hydrogen-bond donors (Lipinski definition) is 1. The van der Waals surface area contributed by atoms with E-state index in [2.05, 4.69) is 4.99 Å². The molecule has 1 atom stereocenters. The Labute approximate surface area is 154 Å². The highest BCUT2D eigenvalue weighted by Crippen LogP contribution is 2.37. The van der Waals surface area contributed by atoms with Gasteiger partial charge in [-0.3, -0.25) is 9.69 Å². The van der Waals surface area contributed by atoms with Crippen LogP contribution in [0.5, 0.6) is 0 Å². The second-order valence-electron chi connectivity index (χ2n) is 8.26. The SMILES string of the molecule is CN1C(=O)C(COC2CCC(C(F)F)CC2)(CC2CCCCC2)N=C1N. The number of carbonyl (C=O) groups excluding carboxylic acids is 1. The molecule has 0 spiro atoms. The largest absolute Gasteiger partial charge is 0.375 e. The van der Waals surface area contributed by atoms with Gasteiger partial charge in [0.1, 0.15) is 0 Å². The second kappa shape index (κ2) is 8.19. The van der Waals surface area contributed by atoms with E-state index in [4.69, 9.17) is 10.5 Å². The zero-order valence-electron chi connectivity index (χ0n) is 15.6. The molecule has 0 saturated heterocycles. The number of likely N-dealkylation sites (N-methyl/N-ethyl adjacent to an activating group) is 1. The van der Waals surface area contributed by atoms with Crippen LogP contribution in [0.4, 0.5) is 8.78 Å². The molecule has 1 aliphatic heterocycles. The standard InChI is InChI=1S/C19H31F2N3O2/c1-24-17(25)19(23-18(24)22,11-13-5-3-2-4-6-13)12-26-15-9-7-14(8-10-15)16(20)21/h13-16H,2-12H2,1H3,(H2,22,23). The van der Waals surface area contributed by atoms with Crippen molar-refractivity contribution in [2.24, 2.45) is 22.6 Å². The van der Waals surface area contributed by atoms with E-state index < -0.39 is 17.9 Å². The number of ether oxygens (including phenoxy) is 1. The first kappa shape index (κ1) is 19.5. The Morgan fingerprint density at radius 1 is 1.19 bits per heavy atom. The molecular weight excluding hydrogens is 340 g/mol. The summed E-state index contributed by atoms with van der Waals surface area (Å²) in [5.41, 5.74) is 5.00. The van der Waals surface area contributed by atoms with Gasteiger partial charge >= 0.3 is 0 Å². The molecule has 1 unspecified atom stereocenters. The van der Waals surface area contributed by atoms with Gasteiger partial charge in [0.15, 0.2) is 11.5 Å². The van der Waals surface area contributed by atoms with Gasteiger partial charge in [0.05, 0.1) is 12.7 Å². The lowest BCUT2D eigenvalue weighted by Gasteiger charge is -2.34. The highest BCUT2D eigenvalue weighted by Gasteiger charge is 2.48. The molecular formula is C19H31F2N3O2.